The van der Waals surface area contributed by atoms with Crippen LogP contribution >= 0.6 is 35.0 Å². The van der Waals surface area contributed by atoms with E-state index in [9.17, 15) is 13.2 Å². The number of aliphatic imine (C=N–C) groups is 1. The molecule has 4 rings (SSSR count). The second-order valence-electron chi connectivity index (χ2n) is 6.12. The Morgan fingerprint density at radius 1 is 1.23 bits per heavy atom. The van der Waals surface area contributed by atoms with Gasteiger partial charge in [0, 0.05) is 5.56 Å². The highest BCUT2D eigenvalue weighted by Crippen LogP contribution is 2.32. The minimum Gasteiger partial charge on any atom is -0.457 e. The summed E-state index contributed by atoms with van der Waals surface area (Å²) >= 11 is 12.7. The topological polar surface area (TPSA) is 116 Å². The maximum absolute atomic E-state index is 12.4. The summed E-state index contributed by atoms with van der Waals surface area (Å²) in [5.41, 5.74) is 0.614. The van der Waals surface area contributed by atoms with Crippen LogP contribution in [0.4, 0.5) is 0 Å². The van der Waals surface area contributed by atoms with Crippen molar-refractivity contribution >= 4 is 72.2 Å². The molecule has 0 aliphatic carbocycles. The summed E-state index contributed by atoms with van der Waals surface area (Å²) in [7, 11) is -3.58. The Labute approximate surface area is 185 Å². The standard InChI is InChI=1S/C18H12Cl2N4O4S2/c1-2-30(26,27)18-23-24-15(21)11(16(25)22-17(24)29-18)8-10-4-6-14(28-10)9-3-5-12(19)13(20)7-9/h3-8,21H,2H2,1H3/b11-8+,21-15?. The highest BCUT2D eigenvalue weighted by atomic mass is 35.5. The lowest BCUT2D eigenvalue weighted by atomic mass is 10.1. The summed E-state index contributed by atoms with van der Waals surface area (Å²) in [5, 5.41) is 14.1. The fourth-order valence-corrected chi connectivity index (χ4v) is 5.06. The number of amides is 1. The Morgan fingerprint density at radius 2 is 2.00 bits per heavy atom. The molecule has 0 atom stereocenters. The van der Waals surface area contributed by atoms with Gasteiger partial charge in [0.25, 0.3) is 5.91 Å². The molecule has 0 saturated carbocycles. The monoisotopic (exact) mass is 482 g/mol. The highest BCUT2D eigenvalue weighted by Gasteiger charge is 2.39. The summed E-state index contributed by atoms with van der Waals surface area (Å²) in [5.74, 6) is -0.318. The molecule has 2 aliphatic rings. The van der Waals surface area contributed by atoms with E-state index < -0.39 is 15.7 Å². The van der Waals surface area contributed by atoms with Crippen LogP contribution in [0.5, 0.6) is 0 Å². The zero-order valence-corrected chi connectivity index (χ0v) is 18.4. The molecule has 0 spiro atoms. The molecule has 30 heavy (non-hydrogen) atoms. The first kappa shape index (κ1) is 20.9. The van der Waals surface area contributed by atoms with E-state index in [4.69, 9.17) is 33.0 Å². The van der Waals surface area contributed by atoms with Crippen molar-refractivity contribution in [3.05, 3.63) is 51.7 Å². The van der Waals surface area contributed by atoms with Gasteiger partial charge < -0.3 is 4.42 Å². The number of hydrazone groups is 1. The van der Waals surface area contributed by atoms with Crippen molar-refractivity contribution in [1.29, 1.82) is 5.41 Å². The average molecular weight is 483 g/mol. The van der Waals surface area contributed by atoms with Gasteiger partial charge in [0.1, 0.15) is 11.5 Å². The van der Waals surface area contributed by atoms with Crippen molar-refractivity contribution in [3.8, 4) is 11.3 Å². The number of thioether (sulfide) groups is 1. The molecule has 154 valence electrons. The Bertz CT molecular complexity index is 1300. The van der Waals surface area contributed by atoms with Crippen molar-refractivity contribution in [2.75, 3.05) is 5.75 Å². The van der Waals surface area contributed by atoms with Crippen molar-refractivity contribution < 1.29 is 17.6 Å². The number of furan rings is 1. The van der Waals surface area contributed by atoms with E-state index in [0.717, 1.165) is 16.8 Å². The van der Waals surface area contributed by atoms with E-state index in [1.807, 2.05) is 0 Å². The van der Waals surface area contributed by atoms with E-state index in [2.05, 4.69) is 10.1 Å². The smallest absolute Gasteiger partial charge is 0.283 e. The third-order valence-electron chi connectivity index (χ3n) is 4.20. The summed E-state index contributed by atoms with van der Waals surface area (Å²) in [6, 6.07) is 8.34. The van der Waals surface area contributed by atoms with E-state index in [1.54, 1.807) is 30.3 Å². The number of carbonyl (C=O) groups is 1. The number of hydrogen-bond acceptors (Lipinski definition) is 7. The minimum absolute atomic E-state index is 0.0325. The van der Waals surface area contributed by atoms with Gasteiger partial charge in [-0.1, -0.05) is 30.1 Å². The Morgan fingerprint density at radius 3 is 2.70 bits per heavy atom. The fourth-order valence-electron chi connectivity index (χ4n) is 2.60. The first-order valence-corrected chi connectivity index (χ1v) is 11.7. The van der Waals surface area contributed by atoms with Crippen LogP contribution in [-0.4, -0.2) is 40.5 Å². The average Bonchev–Trinajstić information content (AvgIpc) is 3.35. The molecular formula is C18H12Cl2N4O4S2. The number of rotatable bonds is 3. The van der Waals surface area contributed by atoms with Crippen molar-refractivity contribution in [2.24, 2.45) is 10.1 Å². The number of sulfone groups is 1. The van der Waals surface area contributed by atoms with Crippen LogP contribution in [0.25, 0.3) is 17.4 Å². The minimum atomic E-state index is -3.58. The molecule has 1 aromatic heterocycles. The van der Waals surface area contributed by atoms with Crippen LogP contribution in [0, 0.1) is 5.41 Å². The maximum atomic E-state index is 12.4. The van der Waals surface area contributed by atoms with Crippen LogP contribution < -0.4 is 0 Å². The van der Waals surface area contributed by atoms with Crippen LogP contribution in [0.3, 0.4) is 0 Å². The quantitative estimate of drug-likeness (QED) is 0.652. The molecule has 12 heteroatoms. The van der Waals surface area contributed by atoms with Crippen molar-refractivity contribution in [1.82, 2.24) is 5.01 Å². The second-order valence-corrected chi connectivity index (χ2v) is 10.3. The summed E-state index contributed by atoms with van der Waals surface area (Å²) < 4.78 is 29.6. The second kappa shape index (κ2) is 7.69. The lowest BCUT2D eigenvalue weighted by molar-refractivity contribution is -0.114. The van der Waals surface area contributed by atoms with Gasteiger partial charge in [0.15, 0.2) is 5.84 Å². The number of hydrogen-bond donors (Lipinski definition) is 1. The zero-order valence-electron chi connectivity index (χ0n) is 15.2. The Balaban J connectivity index is 1.66. The molecule has 0 saturated heterocycles. The largest absolute Gasteiger partial charge is 0.457 e. The summed E-state index contributed by atoms with van der Waals surface area (Å²) in [4.78, 5) is 16.3. The first-order valence-electron chi connectivity index (χ1n) is 8.48. The van der Waals surface area contributed by atoms with Crippen LogP contribution in [0.2, 0.25) is 10.0 Å². The Hall–Kier alpha value is -2.40. The predicted molar refractivity (Wildman–Crippen MR) is 119 cm³/mol. The van der Waals surface area contributed by atoms with Gasteiger partial charge in [0.05, 0.1) is 21.4 Å². The molecule has 1 aromatic carbocycles. The fraction of sp³-hybridized carbons (Fsp3) is 0.111. The molecule has 3 heterocycles. The van der Waals surface area contributed by atoms with Gasteiger partial charge in [0.2, 0.25) is 19.4 Å². The van der Waals surface area contributed by atoms with Crippen LogP contribution in [0.15, 0.2) is 50.4 Å². The number of amidine groups is 2. The lowest BCUT2D eigenvalue weighted by Crippen LogP contribution is -2.35. The van der Waals surface area contributed by atoms with E-state index in [0.29, 0.717) is 27.1 Å². The number of nitrogens with one attached hydrogen (secondary N) is 1. The zero-order chi connectivity index (χ0) is 21.6. The third-order valence-corrected chi connectivity index (χ3v) is 8.03. The predicted octanol–water partition coefficient (Wildman–Crippen LogP) is 4.26. The number of nitrogens with zero attached hydrogens (tertiary/aromatic N) is 3. The van der Waals surface area contributed by atoms with Gasteiger partial charge in [-0.05, 0) is 48.2 Å². The molecule has 2 aromatic rings. The highest BCUT2D eigenvalue weighted by molar-refractivity contribution is 8.42. The summed E-state index contributed by atoms with van der Waals surface area (Å²) in [6.45, 7) is 1.49. The third kappa shape index (κ3) is 3.71. The Kier molecular flexibility index (Phi) is 5.35. The molecule has 0 fully saturated rings. The lowest BCUT2D eigenvalue weighted by Gasteiger charge is -2.19. The number of halogens is 2. The molecular weight excluding hydrogens is 471 g/mol. The number of benzene rings is 1. The molecule has 1 N–H and O–H groups in total. The van der Waals surface area contributed by atoms with E-state index in [-0.39, 0.29) is 26.7 Å². The molecule has 0 radical (unpaired) electrons. The normalized spacial score (nSPS) is 18.0. The molecule has 8 nitrogen and oxygen atoms in total. The number of fused-ring (bicyclic) bond motifs is 1. The molecule has 0 unspecified atom stereocenters. The first-order chi connectivity index (χ1) is 14.2. The van der Waals surface area contributed by atoms with Gasteiger partial charge in [-0.2, -0.15) is 10.0 Å². The van der Waals surface area contributed by atoms with E-state index in [1.165, 1.54) is 13.0 Å². The SMILES string of the molecule is CCS(=O)(=O)C1=NN2C(=N)/C(=C\c3ccc(-c4ccc(Cl)c(Cl)c4)o3)C(=O)N=C2S1. The van der Waals surface area contributed by atoms with Crippen molar-refractivity contribution in [3.63, 3.8) is 0 Å². The van der Waals surface area contributed by atoms with Gasteiger partial charge in [-0.3, -0.25) is 10.2 Å². The van der Waals surface area contributed by atoms with Gasteiger partial charge in [-0.25, -0.2) is 8.42 Å². The van der Waals surface area contributed by atoms with E-state index >= 15 is 0 Å². The molecule has 2 aliphatic heterocycles. The van der Waals surface area contributed by atoms with Crippen LogP contribution in [0.1, 0.15) is 12.7 Å². The van der Waals surface area contributed by atoms with Gasteiger partial charge >= 0.3 is 0 Å². The van der Waals surface area contributed by atoms with Gasteiger partial charge in [-0.15, -0.1) is 5.10 Å². The van der Waals surface area contributed by atoms with Crippen molar-refractivity contribution in [2.45, 2.75) is 6.92 Å². The number of carbonyl (C=O) groups excluding carboxylic acids is 1. The molecule has 0 bridgehead atoms. The summed E-state index contributed by atoms with van der Waals surface area (Å²) in [6.07, 6.45) is 1.36. The van der Waals surface area contributed by atoms with Crippen LogP contribution in [-0.2, 0) is 14.6 Å². The maximum Gasteiger partial charge on any atom is 0.283 e. The molecule has 1 amide bonds.